The van der Waals surface area contributed by atoms with Crippen LogP contribution in [0.4, 0.5) is 0 Å². The molecule has 0 aromatic heterocycles. The lowest BCUT2D eigenvalue weighted by molar-refractivity contribution is -0.137. The van der Waals surface area contributed by atoms with Gasteiger partial charge >= 0.3 is 35.8 Å². The molecule has 0 fully saturated rings. The molecular weight excluding hydrogens is 905 g/mol. The molecule has 0 heterocycles. The summed E-state index contributed by atoms with van der Waals surface area (Å²) in [6.45, 7) is 7.48. The van der Waals surface area contributed by atoms with Crippen LogP contribution in [0.1, 0.15) is 80.1 Å². The Morgan fingerprint density at radius 3 is 0.525 bits per heavy atom. The number of carboxylic acids is 6. The Bertz CT molecular complexity index is 865. The van der Waals surface area contributed by atoms with E-state index in [1.54, 1.807) is 41.5 Å². The van der Waals surface area contributed by atoms with Crippen molar-refractivity contribution >= 4 is 112 Å². The topological polar surface area (TPSA) is 354 Å². The van der Waals surface area contributed by atoms with Crippen LogP contribution in [0.2, 0.25) is 0 Å². The fourth-order valence-electron chi connectivity index (χ4n) is 2.57. The van der Waals surface area contributed by atoms with Crippen LogP contribution in [0.5, 0.6) is 0 Å². The molecule has 0 aromatic rings. The van der Waals surface area contributed by atoms with Gasteiger partial charge in [0.25, 0.3) is 0 Å². The summed E-state index contributed by atoms with van der Waals surface area (Å²) < 4.78 is 5.15. The Kier molecular flexibility index (Phi) is 56.4. The first kappa shape index (κ1) is 72.1. The predicted octanol–water partition coefficient (Wildman–Crippen LogP) is 1.61. The molecule has 25 heteroatoms. The minimum Gasteiger partial charge on any atom is -0.481 e. The van der Waals surface area contributed by atoms with Gasteiger partial charge in [0.1, 0.15) is 0 Å². The van der Waals surface area contributed by atoms with Gasteiger partial charge in [-0.1, -0.05) is 41.5 Å². The lowest BCUT2D eigenvalue weighted by Crippen LogP contribution is -2.43. The van der Waals surface area contributed by atoms with Crippen molar-refractivity contribution in [1.29, 1.82) is 0 Å². The molecule has 0 aliphatic heterocycles. The molecule has 0 aliphatic rings. The van der Waals surface area contributed by atoms with Gasteiger partial charge in [-0.3, -0.25) is 28.8 Å². The van der Waals surface area contributed by atoms with Crippen molar-refractivity contribution < 1.29 is 94.8 Å². The standard InChI is InChI=1S/C10H22O7.6C4H8O2S/c11-1-9(2-12,3-13)7-17-8-10(4-14,5-15)6-16;6*1-3(7)2-4(5)6/h11-16H,1-8H2;6*3,7H,2H2,1H3,(H,5,6). The van der Waals surface area contributed by atoms with Gasteiger partial charge in [0, 0.05) is 31.5 Å². The summed E-state index contributed by atoms with van der Waals surface area (Å²) in [5.41, 5.74) is -2.32. The second-order valence-corrected chi connectivity index (χ2v) is 18.4. The van der Waals surface area contributed by atoms with Crippen LogP contribution >= 0.6 is 75.8 Å². The first-order valence-corrected chi connectivity index (χ1v) is 20.6. The highest BCUT2D eigenvalue weighted by atomic mass is 32.1. The Balaban J connectivity index is -0.000000112. The van der Waals surface area contributed by atoms with E-state index in [9.17, 15) is 28.8 Å². The molecule has 0 spiro atoms. The molecule has 0 radical (unpaired) electrons. The molecule has 0 amide bonds. The number of carbonyl (C=O) groups is 6. The number of aliphatic hydroxyl groups is 6. The van der Waals surface area contributed by atoms with Crippen molar-refractivity contribution in [2.24, 2.45) is 10.8 Å². The number of rotatable bonds is 22. The Hall–Kier alpha value is -1.36. The monoisotopic (exact) mass is 974 g/mol. The summed E-state index contributed by atoms with van der Waals surface area (Å²) in [5, 5.41) is 102. The van der Waals surface area contributed by atoms with Crippen molar-refractivity contribution in [2.45, 2.75) is 112 Å². The Labute approximate surface area is 379 Å². The van der Waals surface area contributed by atoms with Gasteiger partial charge < -0.3 is 66.0 Å². The summed E-state index contributed by atoms with van der Waals surface area (Å²) in [7, 11) is 0. The zero-order valence-corrected chi connectivity index (χ0v) is 39.6. The van der Waals surface area contributed by atoms with Crippen molar-refractivity contribution in [1.82, 2.24) is 0 Å². The Morgan fingerprint density at radius 2 is 0.475 bits per heavy atom. The highest BCUT2D eigenvalue weighted by molar-refractivity contribution is 7.81. The van der Waals surface area contributed by atoms with Crippen LogP contribution in [0.15, 0.2) is 0 Å². The molecule has 0 aromatic carbocycles. The molecule has 356 valence electrons. The molecular formula is C34H70O19S6. The van der Waals surface area contributed by atoms with Gasteiger partial charge in [-0.25, -0.2) is 0 Å². The zero-order valence-electron chi connectivity index (χ0n) is 34.3. The highest BCUT2D eigenvalue weighted by Crippen LogP contribution is 2.19. The van der Waals surface area contributed by atoms with Crippen LogP contribution < -0.4 is 0 Å². The molecule has 19 nitrogen and oxygen atoms in total. The number of carboxylic acid groups (broad SMARTS) is 6. The summed E-state index contributed by atoms with van der Waals surface area (Å²) in [6, 6.07) is 0. The number of hydrogen-bond acceptors (Lipinski definition) is 19. The first-order chi connectivity index (χ1) is 26.8. The van der Waals surface area contributed by atoms with E-state index >= 15 is 0 Å². The number of hydrogen-bond donors (Lipinski definition) is 18. The van der Waals surface area contributed by atoms with Crippen molar-refractivity contribution in [3.8, 4) is 0 Å². The third-order valence-corrected chi connectivity index (χ3v) is 6.74. The van der Waals surface area contributed by atoms with Crippen LogP contribution in [0.3, 0.4) is 0 Å². The van der Waals surface area contributed by atoms with Gasteiger partial charge in [-0.15, -0.1) is 0 Å². The third kappa shape index (κ3) is 71.5. The molecule has 6 atom stereocenters. The van der Waals surface area contributed by atoms with Crippen molar-refractivity contribution in [3.63, 3.8) is 0 Å². The second kappa shape index (κ2) is 46.2. The molecule has 12 N–H and O–H groups in total. The largest absolute Gasteiger partial charge is 0.481 e. The average molecular weight is 975 g/mol. The summed E-state index contributed by atoms with van der Waals surface area (Å²) in [6.07, 6.45) is 0.852. The lowest BCUT2D eigenvalue weighted by atomic mass is 9.91. The van der Waals surface area contributed by atoms with Crippen LogP contribution in [-0.4, -0.2) is 181 Å². The van der Waals surface area contributed by atoms with Crippen molar-refractivity contribution in [3.05, 3.63) is 0 Å². The number of aliphatic hydroxyl groups excluding tert-OH is 6. The van der Waals surface area contributed by atoms with Gasteiger partial charge in [-0.2, -0.15) is 75.8 Å². The smallest absolute Gasteiger partial charge is 0.304 e. The van der Waals surface area contributed by atoms with Gasteiger partial charge in [0.2, 0.25) is 0 Å². The number of thiol groups is 6. The minimum absolute atomic E-state index is 0.0301. The maximum Gasteiger partial charge on any atom is 0.304 e. The number of ether oxygens (including phenoxy) is 1. The van der Waals surface area contributed by atoms with E-state index in [0.29, 0.717) is 0 Å². The van der Waals surface area contributed by atoms with Gasteiger partial charge in [0.05, 0.1) is 102 Å². The van der Waals surface area contributed by atoms with E-state index in [-0.39, 0.29) is 83.2 Å². The van der Waals surface area contributed by atoms with Crippen LogP contribution in [0, 0.1) is 10.8 Å². The fraction of sp³-hybridized carbons (Fsp3) is 0.824. The summed E-state index contributed by atoms with van der Waals surface area (Å²) >= 11 is 23.1. The van der Waals surface area contributed by atoms with E-state index in [4.69, 9.17) is 66.0 Å². The predicted molar refractivity (Wildman–Crippen MR) is 242 cm³/mol. The molecule has 0 saturated carbocycles. The van der Waals surface area contributed by atoms with Crippen LogP contribution in [-0.2, 0) is 33.5 Å². The molecule has 0 bridgehead atoms. The van der Waals surface area contributed by atoms with Gasteiger partial charge in [-0.05, 0) is 0 Å². The van der Waals surface area contributed by atoms with E-state index in [1.165, 1.54) is 0 Å². The highest BCUT2D eigenvalue weighted by Gasteiger charge is 2.32. The molecule has 0 rings (SSSR count). The van der Waals surface area contributed by atoms with E-state index < -0.39 is 86.3 Å². The molecule has 0 saturated heterocycles. The molecule has 59 heavy (non-hydrogen) atoms. The van der Waals surface area contributed by atoms with Crippen LogP contribution in [0.25, 0.3) is 0 Å². The molecule has 0 aliphatic carbocycles. The molecule has 6 unspecified atom stereocenters. The van der Waals surface area contributed by atoms with E-state index in [0.717, 1.165) is 0 Å². The average Bonchev–Trinajstić information content (AvgIpc) is 3.03. The normalized spacial score (nSPS) is 13.3. The SMILES string of the molecule is CC(S)CC(=O)O.CC(S)CC(=O)O.CC(S)CC(=O)O.CC(S)CC(=O)O.CC(S)CC(=O)O.CC(S)CC(=O)O.OCC(CO)(CO)COCC(CO)(CO)CO. The zero-order chi connectivity index (χ0) is 48.5. The number of aliphatic carboxylic acids is 6. The fourth-order valence-corrected chi connectivity index (χ4v) is 3.51. The van der Waals surface area contributed by atoms with Gasteiger partial charge in [0.15, 0.2) is 0 Å². The van der Waals surface area contributed by atoms with E-state index in [2.05, 4.69) is 75.8 Å². The first-order valence-electron chi connectivity index (χ1n) is 17.5. The summed E-state index contributed by atoms with van der Waals surface area (Å²) in [4.78, 5) is 58.6. The minimum atomic E-state index is -1.16. The summed E-state index contributed by atoms with van der Waals surface area (Å²) in [5.74, 6) is -4.74. The second-order valence-electron chi connectivity index (χ2n) is 13.1. The van der Waals surface area contributed by atoms with Crippen molar-refractivity contribution in [2.75, 3.05) is 52.9 Å². The maximum absolute atomic E-state index is 9.76. The quantitative estimate of drug-likeness (QED) is 0.0685. The lowest BCUT2D eigenvalue weighted by Gasteiger charge is -2.31. The maximum atomic E-state index is 9.76. The third-order valence-electron chi connectivity index (χ3n) is 5.65. The Morgan fingerprint density at radius 1 is 0.356 bits per heavy atom. The van der Waals surface area contributed by atoms with E-state index in [1.807, 2.05) is 0 Å².